The minimum absolute atomic E-state index is 0.493. The minimum Gasteiger partial charge on any atom is -0.481 e. The summed E-state index contributed by atoms with van der Waals surface area (Å²) in [5, 5.41) is 0. The smallest absolute Gasteiger partial charge is 0.213 e. The van der Waals surface area contributed by atoms with E-state index in [-0.39, 0.29) is 0 Å². The first-order valence-electron chi connectivity index (χ1n) is 5.78. The lowest BCUT2D eigenvalue weighted by Gasteiger charge is -2.20. The molecule has 0 bridgehead atoms. The van der Waals surface area contributed by atoms with E-state index in [0.29, 0.717) is 11.9 Å². The maximum Gasteiger partial charge on any atom is 0.213 e. The number of aromatic nitrogens is 2. The summed E-state index contributed by atoms with van der Waals surface area (Å²) in [7, 11) is 5.83. The van der Waals surface area contributed by atoms with Crippen molar-refractivity contribution >= 4 is 11.0 Å². The van der Waals surface area contributed by atoms with Gasteiger partial charge in [-0.1, -0.05) is 0 Å². The van der Waals surface area contributed by atoms with E-state index in [1.54, 1.807) is 7.11 Å². The quantitative estimate of drug-likeness (QED) is 0.809. The van der Waals surface area contributed by atoms with Crippen LogP contribution in [0.1, 0.15) is 6.92 Å². The predicted molar refractivity (Wildman–Crippen MR) is 69.4 cm³/mol. The molecule has 0 fully saturated rings. The number of hydrogen-bond acceptors (Lipinski definition) is 3. The van der Waals surface area contributed by atoms with Gasteiger partial charge < -0.3 is 14.2 Å². The number of fused-ring (bicyclic) bond motifs is 1. The maximum absolute atomic E-state index is 5.12. The molecule has 0 saturated heterocycles. The zero-order valence-corrected chi connectivity index (χ0v) is 10.8. The topological polar surface area (TPSA) is 30.3 Å². The van der Waals surface area contributed by atoms with E-state index in [1.165, 1.54) is 0 Å². The highest BCUT2D eigenvalue weighted by Gasteiger charge is 2.08. The summed E-state index contributed by atoms with van der Waals surface area (Å²) in [5.74, 6) is 0.663. The SMILES string of the molecule is COc1ccc2c(ccn2CC(C)N(C)C)n1. The van der Waals surface area contributed by atoms with Gasteiger partial charge in [0.05, 0.1) is 18.1 Å². The number of likely N-dealkylation sites (N-methyl/N-ethyl adjacent to an activating group) is 1. The van der Waals surface area contributed by atoms with Gasteiger partial charge >= 0.3 is 0 Å². The third-order valence-electron chi connectivity index (χ3n) is 3.15. The Morgan fingerprint density at radius 2 is 2.12 bits per heavy atom. The molecule has 2 heterocycles. The van der Waals surface area contributed by atoms with Crippen LogP contribution in [-0.2, 0) is 6.54 Å². The van der Waals surface area contributed by atoms with Crippen molar-refractivity contribution in [3.8, 4) is 5.88 Å². The van der Waals surface area contributed by atoms with Gasteiger partial charge in [0.25, 0.3) is 0 Å². The van der Waals surface area contributed by atoms with Crippen molar-refractivity contribution in [2.75, 3.05) is 21.2 Å². The molecule has 0 aliphatic carbocycles. The first kappa shape index (κ1) is 11.9. The van der Waals surface area contributed by atoms with Gasteiger partial charge in [0.15, 0.2) is 0 Å². The Bertz CT molecular complexity index is 504. The van der Waals surface area contributed by atoms with Gasteiger partial charge in [-0.15, -0.1) is 0 Å². The zero-order chi connectivity index (χ0) is 12.4. The third kappa shape index (κ3) is 2.42. The molecule has 0 aromatic carbocycles. The molecule has 0 spiro atoms. The van der Waals surface area contributed by atoms with Gasteiger partial charge in [0.2, 0.25) is 5.88 Å². The molecule has 0 saturated carbocycles. The molecule has 0 aliphatic rings. The Hall–Kier alpha value is -1.55. The van der Waals surface area contributed by atoms with Gasteiger partial charge in [0.1, 0.15) is 0 Å². The van der Waals surface area contributed by atoms with E-state index in [9.17, 15) is 0 Å². The van der Waals surface area contributed by atoms with Crippen LogP contribution in [0.3, 0.4) is 0 Å². The van der Waals surface area contributed by atoms with Crippen LogP contribution in [0.5, 0.6) is 5.88 Å². The summed E-state index contributed by atoms with van der Waals surface area (Å²) in [5.41, 5.74) is 2.13. The van der Waals surface area contributed by atoms with Crippen LogP contribution in [0.4, 0.5) is 0 Å². The number of pyridine rings is 1. The Balaban J connectivity index is 2.30. The van der Waals surface area contributed by atoms with Crippen LogP contribution in [0, 0.1) is 0 Å². The molecule has 17 heavy (non-hydrogen) atoms. The van der Waals surface area contributed by atoms with Crippen molar-refractivity contribution in [3.05, 3.63) is 24.4 Å². The third-order valence-corrected chi connectivity index (χ3v) is 3.15. The molecule has 2 aromatic rings. The van der Waals surface area contributed by atoms with Crippen molar-refractivity contribution in [2.24, 2.45) is 0 Å². The van der Waals surface area contributed by atoms with E-state index >= 15 is 0 Å². The van der Waals surface area contributed by atoms with Crippen molar-refractivity contribution in [2.45, 2.75) is 19.5 Å². The highest BCUT2D eigenvalue weighted by molar-refractivity contribution is 5.76. The summed E-state index contributed by atoms with van der Waals surface area (Å²) in [4.78, 5) is 6.62. The van der Waals surface area contributed by atoms with Crippen LogP contribution in [0.15, 0.2) is 24.4 Å². The molecular formula is C13H19N3O. The molecule has 2 rings (SSSR count). The highest BCUT2D eigenvalue weighted by atomic mass is 16.5. The predicted octanol–water partition coefficient (Wildman–Crippen LogP) is 1.99. The van der Waals surface area contributed by atoms with E-state index in [2.05, 4.69) is 47.7 Å². The second-order valence-corrected chi connectivity index (χ2v) is 4.54. The van der Waals surface area contributed by atoms with Gasteiger partial charge in [-0.2, -0.15) is 0 Å². The monoisotopic (exact) mass is 233 g/mol. The minimum atomic E-state index is 0.493. The summed E-state index contributed by atoms with van der Waals surface area (Å²) in [6, 6.07) is 6.48. The zero-order valence-electron chi connectivity index (χ0n) is 10.8. The second-order valence-electron chi connectivity index (χ2n) is 4.54. The molecule has 4 heteroatoms. The number of rotatable bonds is 4. The standard InChI is InChI=1S/C13H19N3O/c1-10(15(2)3)9-16-8-7-11-12(16)5-6-13(14-11)17-4/h5-8,10H,9H2,1-4H3. The van der Waals surface area contributed by atoms with Crippen molar-refractivity contribution in [3.63, 3.8) is 0 Å². The molecule has 92 valence electrons. The fourth-order valence-electron chi connectivity index (χ4n) is 1.78. The Morgan fingerprint density at radius 1 is 1.35 bits per heavy atom. The van der Waals surface area contributed by atoms with Gasteiger partial charge in [-0.05, 0) is 33.2 Å². The Morgan fingerprint density at radius 3 is 2.76 bits per heavy atom. The Labute approximate surface area is 102 Å². The molecule has 1 unspecified atom stereocenters. The van der Waals surface area contributed by atoms with Crippen LogP contribution < -0.4 is 4.74 Å². The highest BCUT2D eigenvalue weighted by Crippen LogP contribution is 2.18. The molecule has 0 amide bonds. The lowest BCUT2D eigenvalue weighted by molar-refractivity contribution is 0.286. The van der Waals surface area contributed by atoms with Crippen LogP contribution in [0.25, 0.3) is 11.0 Å². The second kappa shape index (κ2) is 4.75. The van der Waals surface area contributed by atoms with Crippen LogP contribution in [-0.4, -0.2) is 41.7 Å². The number of methoxy groups -OCH3 is 1. The molecule has 0 aliphatic heterocycles. The van der Waals surface area contributed by atoms with Crippen molar-refractivity contribution in [1.82, 2.24) is 14.5 Å². The fourth-order valence-corrected chi connectivity index (χ4v) is 1.78. The summed E-state index contributed by atoms with van der Waals surface area (Å²) >= 11 is 0. The van der Waals surface area contributed by atoms with Crippen molar-refractivity contribution in [1.29, 1.82) is 0 Å². The van der Waals surface area contributed by atoms with E-state index in [1.807, 2.05) is 12.1 Å². The fraction of sp³-hybridized carbons (Fsp3) is 0.462. The lowest BCUT2D eigenvalue weighted by atomic mass is 10.3. The summed E-state index contributed by atoms with van der Waals surface area (Å²) in [6.07, 6.45) is 2.08. The summed E-state index contributed by atoms with van der Waals surface area (Å²) < 4.78 is 7.35. The normalized spacial score (nSPS) is 13.2. The van der Waals surface area contributed by atoms with Crippen LogP contribution >= 0.6 is 0 Å². The van der Waals surface area contributed by atoms with Gasteiger partial charge in [0, 0.05) is 24.8 Å². The lowest BCUT2D eigenvalue weighted by Crippen LogP contribution is -2.28. The van der Waals surface area contributed by atoms with E-state index in [0.717, 1.165) is 17.6 Å². The largest absolute Gasteiger partial charge is 0.481 e. The van der Waals surface area contributed by atoms with E-state index < -0.39 is 0 Å². The molecule has 0 radical (unpaired) electrons. The molecule has 1 atom stereocenters. The van der Waals surface area contributed by atoms with E-state index in [4.69, 9.17) is 4.74 Å². The Kier molecular flexibility index (Phi) is 3.33. The first-order valence-corrected chi connectivity index (χ1v) is 5.78. The number of hydrogen-bond donors (Lipinski definition) is 0. The van der Waals surface area contributed by atoms with Gasteiger partial charge in [-0.3, -0.25) is 0 Å². The van der Waals surface area contributed by atoms with Gasteiger partial charge in [-0.25, -0.2) is 4.98 Å². The average Bonchev–Trinajstić information content (AvgIpc) is 2.71. The van der Waals surface area contributed by atoms with Crippen LogP contribution in [0.2, 0.25) is 0 Å². The molecule has 0 N–H and O–H groups in total. The number of nitrogens with zero attached hydrogens (tertiary/aromatic N) is 3. The molecule has 2 aromatic heterocycles. The first-order chi connectivity index (χ1) is 8.11. The average molecular weight is 233 g/mol. The number of ether oxygens (including phenoxy) is 1. The summed E-state index contributed by atoms with van der Waals surface area (Å²) in [6.45, 7) is 3.17. The molecule has 4 nitrogen and oxygen atoms in total. The maximum atomic E-state index is 5.12. The molecular weight excluding hydrogens is 214 g/mol. The van der Waals surface area contributed by atoms with Crippen molar-refractivity contribution < 1.29 is 4.74 Å².